The van der Waals surface area contributed by atoms with Crippen molar-refractivity contribution in [3.05, 3.63) is 34.3 Å². The van der Waals surface area contributed by atoms with Crippen LogP contribution in [0.3, 0.4) is 0 Å². The third-order valence-electron chi connectivity index (χ3n) is 5.74. The van der Waals surface area contributed by atoms with Crippen molar-refractivity contribution in [2.24, 2.45) is 23.5 Å². The topological polar surface area (TPSA) is 29.3 Å². The molecule has 2 N–H and O–H groups in total. The minimum Gasteiger partial charge on any atom is -0.329 e. The Bertz CT molecular complexity index is 502. The van der Waals surface area contributed by atoms with Crippen molar-refractivity contribution in [2.45, 2.75) is 38.6 Å². The molecule has 0 heterocycles. The molecule has 116 valence electrons. The first kappa shape index (κ1) is 15.3. The zero-order chi connectivity index (χ0) is 15.0. The highest BCUT2D eigenvalue weighted by molar-refractivity contribution is 6.31. The largest absolute Gasteiger partial charge is 0.329 e. The first-order valence-electron chi connectivity index (χ1n) is 8.24. The van der Waals surface area contributed by atoms with Crippen LogP contribution in [0.25, 0.3) is 0 Å². The highest BCUT2D eigenvalue weighted by atomic mass is 35.5. The first-order chi connectivity index (χ1) is 10.1. The molecule has 2 bridgehead atoms. The molecule has 0 aliphatic heterocycles. The van der Waals surface area contributed by atoms with Crippen LogP contribution in [0.15, 0.2) is 18.2 Å². The maximum absolute atomic E-state index is 6.28. The molecular weight excluding hydrogens is 280 g/mol. The normalized spacial score (nSPS) is 29.3. The lowest BCUT2D eigenvalue weighted by molar-refractivity contribution is 0.176. The molecule has 2 fully saturated rings. The van der Waals surface area contributed by atoms with Crippen LogP contribution in [0.4, 0.5) is 0 Å². The molecule has 0 spiro atoms. The number of aryl methyl sites for hydroxylation is 1. The summed E-state index contributed by atoms with van der Waals surface area (Å²) in [6, 6.07) is 6.65. The van der Waals surface area contributed by atoms with Crippen molar-refractivity contribution < 1.29 is 0 Å². The highest BCUT2D eigenvalue weighted by Crippen LogP contribution is 2.48. The van der Waals surface area contributed by atoms with E-state index in [0.29, 0.717) is 6.54 Å². The second-order valence-corrected chi connectivity index (χ2v) is 7.54. The van der Waals surface area contributed by atoms with Gasteiger partial charge in [0.2, 0.25) is 0 Å². The summed E-state index contributed by atoms with van der Waals surface area (Å²) in [7, 11) is 2.22. The van der Waals surface area contributed by atoms with E-state index in [9.17, 15) is 0 Å². The Morgan fingerprint density at radius 3 is 2.71 bits per heavy atom. The van der Waals surface area contributed by atoms with Gasteiger partial charge in [0.05, 0.1) is 0 Å². The summed E-state index contributed by atoms with van der Waals surface area (Å²) in [6.45, 7) is 3.87. The van der Waals surface area contributed by atoms with Gasteiger partial charge in [-0.15, -0.1) is 0 Å². The lowest BCUT2D eigenvalue weighted by Gasteiger charge is -2.33. The highest BCUT2D eigenvalue weighted by Gasteiger charge is 2.40. The van der Waals surface area contributed by atoms with E-state index in [1.165, 1.54) is 37.8 Å². The molecule has 21 heavy (non-hydrogen) atoms. The molecule has 3 heteroatoms. The number of hydrogen-bond donors (Lipinski definition) is 1. The van der Waals surface area contributed by atoms with E-state index in [4.69, 9.17) is 17.3 Å². The summed E-state index contributed by atoms with van der Waals surface area (Å²) in [5, 5.41) is 0.847. The summed E-state index contributed by atoms with van der Waals surface area (Å²) in [5.41, 5.74) is 8.44. The van der Waals surface area contributed by atoms with Gasteiger partial charge in [0.15, 0.2) is 0 Å². The van der Waals surface area contributed by atoms with E-state index in [2.05, 4.69) is 30.1 Å². The summed E-state index contributed by atoms with van der Waals surface area (Å²) >= 11 is 6.28. The molecule has 0 aromatic heterocycles. The Hall–Kier alpha value is -0.570. The van der Waals surface area contributed by atoms with Gasteiger partial charge in [0, 0.05) is 24.2 Å². The van der Waals surface area contributed by atoms with E-state index in [0.717, 1.165) is 28.3 Å². The second-order valence-electron chi connectivity index (χ2n) is 7.13. The lowest BCUT2D eigenvalue weighted by Crippen LogP contribution is -2.35. The van der Waals surface area contributed by atoms with Gasteiger partial charge in [-0.1, -0.05) is 30.2 Å². The standard InChI is InChI=1S/C18H27ClN2/c1-12-3-5-15(9-17(12)19)18(10-20)21(2)11-16-8-13-4-6-14(16)7-13/h3,5,9,13-14,16,18H,4,6-8,10-11,20H2,1-2H3. The molecule has 2 aliphatic carbocycles. The number of halogens is 1. The van der Waals surface area contributed by atoms with Gasteiger partial charge in [-0.2, -0.15) is 0 Å². The van der Waals surface area contributed by atoms with E-state index >= 15 is 0 Å². The summed E-state index contributed by atoms with van der Waals surface area (Å²) < 4.78 is 0. The Morgan fingerprint density at radius 2 is 2.14 bits per heavy atom. The quantitative estimate of drug-likeness (QED) is 0.890. The maximum atomic E-state index is 6.28. The van der Waals surface area contributed by atoms with Crippen molar-refractivity contribution in [3.63, 3.8) is 0 Å². The Kier molecular flexibility index (Phi) is 4.58. The van der Waals surface area contributed by atoms with Crippen molar-refractivity contribution in [1.82, 2.24) is 4.90 Å². The van der Waals surface area contributed by atoms with Gasteiger partial charge in [0.1, 0.15) is 0 Å². The van der Waals surface area contributed by atoms with E-state index in [1.807, 2.05) is 6.92 Å². The molecule has 4 unspecified atom stereocenters. The molecule has 2 aliphatic rings. The molecule has 4 atom stereocenters. The van der Waals surface area contributed by atoms with Crippen LogP contribution in [0, 0.1) is 24.7 Å². The summed E-state index contributed by atoms with van der Waals surface area (Å²) in [4.78, 5) is 2.45. The van der Waals surface area contributed by atoms with Crippen LogP contribution in [-0.2, 0) is 0 Å². The zero-order valence-electron chi connectivity index (χ0n) is 13.2. The van der Waals surface area contributed by atoms with Gasteiger partial charge in [-0.05, 0) is 68.2 Å². The van der Waals surface area contributed by atoms with Crippen molar-refractivity contribution in [1.29, 1.82) is 0 Å². The van der Waals surface area contributed by atoms with Gasteiger partial charge in [-0.25, -0.2) is 0 Å². The lowest BCUT2D eigenvalue weighted by atomic mass is 9.88. The van der Waals surface area contributed by atoms with Crippen LogP contribution in [-0.4, -0.2) is 25.0 Å². The molecule has 0 amide bonds. The number of likely N-dealkylation sites (N-methyl/N-ethyl adjacent to an activating group) is 1. The van der Waals surface area contributed by atoms with Crippen LogP contribution in [0.1, 0.15) is 42.9 Å². The number of fused-ring (bicyclic) bond motifs is 2. The average Bonchev–Trinajstić information content (AvgIpc) is 3.06. The molecule has 3 rings (SSSR count). The van der Waals surface area contributed by atoms with Gasteiger partial charge >= 0.3 is 0 Å². The van der Waals surface area contributed by atoms with Crippen molar-refractivity contribution in [3.8, 4) is 0 Å². The van der Waals surface area contributed by atoms with E-state index in [-0.39, 0.29) is 6.04 Å². The van der Waals surface area contributed by atoms with Gasteiger partial charge < -0.3 is 5.73 Å². The molecule has 1 aromatic carbocycles. The monoisotopic (exact) mass is 306 g/mol. The second kappa shape index (κ2) is 6.28. The van der Waals surface area contributed by atoms with Crippen LogP contribution in [0.5, 0.6) is 0 Å². The number of rotatable bonds is 5. The predicted octanol–water partition coefficient (Wildman–Crippen LogP) is 4.02. The Balaban J connectivity index is 1.68. The molecular formula is C18H27ClN2. The van der Waals surface area contributed by atoms with E-state index < -0.39 is 0 Å². The fourth-order valence-corrected chi connectivity index (χ4v) is 4.67. The van der Waals surface area contributed by atoms with E-state index in [1.54, 1.807) is 0 Å². The predicted molar refractivity (Wildman–Crippen MR) is 89.6 cm³/mol. The van der Waals surface area contributed by atoms with Crippen LogP contribution < -0.4 is 5.73 Å². The molecule has 1 aromatic rings. The Morgan fingerprint density at radius 1 is 1.33 bits per heavy atom. The third kappa shape index (κ3) is 3.13. The molecule has 2 nitrogen and oxygen atoms in total. The minimum atomic E-state index is 0.280. The van der Waals surface area contributed by atoms with Gasteiger partial charge in [0.25, 0.3) is 0 Å². The average molecular weight is 307 g/mol. The Labute approximate surface area is 133 Å². The molecule has 2 saturated carbocycles. The van der Waals surface area contributed by atoms with Crippen molar-refractivity contribution in [2.75, 3.05) is 20.1 Å². The molecule has 0 radical (unpaired) electrons. The third-order valence-corrected chi connectivity index (χ3v) is 6.15. The number of benzene rings is 1. The fourth-order valence-electron chi connectivity index (χ4n) is 4.48. The zero-order valence-corrected chi connectivity index (χ0v) is 13.9. The van der Waals surface area contributed by atoms with Crippen LogP contribution in [0.2, 0.25) is 5.02 Å². The smallest absolute Gasteiger partial charge is 0.0468 e. The van der Waals surface area contributed by atoms with Gasteiger partial charge in [-0.3, -0.25) is 4.90 Å². The number of nitrogens with zero attached hydrogens (tertiary/aromatic N) is 1. The SMILES string of the molecule is Cc1ccc(C(CN)N(C)CC2CC3CCC2C3)cc1Cl. The molecule has 0 saturated heterocycles. The number of nitrogens with two attached hydrogens (primary N) is 1. The fraction of sp³-hybridized carbons (Fsp3) is 0.667. The maximum Gasteiger partial charge on any atom is 0.0468 e. The van der Waals surface area contributed by atoms with Crippen LogP contribution >= 0.6 is 11.6 Å². The summed E-state index contributed by atoms with van der Waals surface area (Å²) in [6.07, 6.45) is 5.83. The minimum absolute atomic E-state index is 0.280. The summed E-state index contributed by atoms with van der Waals surface area (Å²) in [5.74, 6) is 2.86. The number of hydrogen-bond acceptors (Lipinski definition) is 2. The van der Waals surface area contributed by atoms with Crippen molar-refractivity contribution >= 4 is 11.6 Å². The first-order valence-corrected chi connectivity index (χ1v) is 8.62.